The lowest BCUT2D eigenvalue weighted by molar-refractivity contribution is -0.119. The third-order valence-electron chi connectivity index (χ3n) is 5.06. The molecule has 3 aromatic rings. The number of terminal acetylenes is 1. The molecule has 0 aliphatic carbocycles. The van der Waals surface area contributed by atoms with Crippen LogP contribution in [0.4, 0.5) is 5.69 Å². The van der Waals surface area contributed by atoms with Crippen LogP contribution in [0.1, 0.15) is 10.8 Å². The molecule has 4 rings (SSSR count). The summed E-state index contributed by atoms with van der Waals surface area (Å²) in [5.41, 5.74) is 2.16. The van der Waals surface area contributed by atoms with Crippen molar-refractivity contribution in [1.29, 1.82) is 0 Å². The number of carbonyl (C=O) groups excluding carboxylic acids is 1. The number of halogens is 1. The zero-order valence-corrected chi connectivity index (χ0v) is 17.7. The molecule has 3 nitrogen and oxygen atoms in total. The maximum atomic E-state index is 13.3. The lowest BCUT2D eigenvalue weighted by Gasteiger charge is -2.36. The van der Waals surface area contributed by atoms with E-state index in [-0.39, 0.29) is 17.7 Å². The van der Waals surface area contributed by atoms with Crippen LogP contribution < -0.4 is 4.90 Å². The normalized spacial score (nSPS) is 15.9. The molecule has 0 N–H and O–H groups in total. The van der Waals surface area contributed by atoms with Gasteiger partial charge in [-0.05, 0) is 36.2 Å². The van der Waals surface area contributed by atoms with Crippen molar-refractivity contribution in [3.8, 4) is 12.3 Å². The van der Waals surface area contributed by atoms with Gasteiger partial charge in [0.25, 0.3) is 0 Å². The van der Waals surface area contributed by atoms with Crippen molar-refractivity contribution < 1.29 is 4.79 Å². The number of thioether (sulfide) groups is 1. The van der Waals surface area contributed by atoms with E-state index in [0.29, 0.717) is 18.1 Å². The minimum Gasteiger partial charge on any atom is -0.308 e. The van der Waals surface area contributed by atoms with E-state index < -0.39 is 0 Å². The summed E-state index contributed by atoms with van der Waals surface area (Å²) in [5.74, 6) is 2.66. The Hall–Kier alpha value is -2.45. The van der Waals surface area contributed by atoms with Gasteiger partial charge in [-0.1, -0.05) is 60.0 Å². The lowest BCUT2D eigenvalue weighted by Crippen LogP contribution is -2.42. The Morgan fingerprint density at radius 3 is 2.72 bits per heavy atom. The van der Waals surface area contributed by atoms with Crippen LogP contribution in [-0.4, -0.2) is 37.5 Å². The minimum atomic E-state index is 0.0552. The van der Waals surface area contributed by atoms with Crippen LogP contribution >= 0.6 is 23.4 Å². The third-order valence-corrected chi connectivity index (χ3v) is 6.60. The monoisotopic (exact) mass is 420 g/mol. The summed E-state index contributed by atoms with van der Waals surface area (Å²) in [5, 5.41) is 3.08. The van der Waals surface area contributed by atoms with Crippen molar-refractivity contribution in [2.24, 2.45) is 0 Å². The first kappa shape index (κ1) is 19.8. The SMILES string of the molecule is C#CCN(C)CC(=O)N1CC(c2ccc(Cl)cc2)Sc2ccc3ccccc3c21. The van der Waals surface area contributed by atoms with E-state index in [1.54, 1.807) is 11.8 Å². The van der Waals surface area contributed by atoms with Crippen LogP contribution in [0.3, 0.4) is 0 Å². The van der Waals surface area contributed by atoms with E-state index >= 15 is 0 Å². The molecule has 1 heterocycles. The maximum absolute atomic E-state index is 13.3. The summed E-state index contributed by atoms with van der Waals surface area (Å²) in [4.78, 5) is 18.2. The summed E-state index contributed by atoms with van der Waals surface area (Å²) in [7, 11) is 1.87. The van der Waals surface area contributed by atoms with Crippen LogP contribution in [-0.2, 0) is 4.79 Å². The summed E-state index contributed by atoms with van der Waals surface area (Å²) in [6.07, 6.45) is 5.41. The van der Waals surface area contributed by atoms with Gasteiger partial charge in [-0.2, -0.15) is 0 Å². The molecule has 1 aliphatic heterocycles. The number of fused-ring (bicyclic) bond motifs is 3. The Morgan fingerprint density at radius 1 is 1.21 bits per heavy atom. The molecular weight excluding hydrogens is 400 g/mol. The Kier molecular flexibility index (Phi) is 5.82. The van der Waals surface area contributed by atoms with Crippen LogP contribution in [0.5, 0.6) is 0 Å². The molecule has 0 aromatic heterocycles. The van der Waals surface area contributed by atoms with Gasteiger partial charge in [0, 0.05) is 21.8 Å². The summed E-state index contributed by atoms with van der Waals surface area (Å²) < 4.78 is 0. The molecule has 0 bridgehead atoms. The number of hydrogen-bond acceptors (Lipinski definition) is 3. The summed E-state index contributed by atoms with van der Waals surface area (Å²) in [6.45, 7) is 1.33. The van der Waals surface area contributed by atoms with Crippen LogP contribution in [0, 0.1) is 12.3 Å². The molecule has 5 heteroatoms. The molecule has 1 atom stereocenters. The molecule has 0 saturated heterocycles. The van der Waals surface area contributed by atoms with Crippen LogP contribution in [0.2, 0.25) is 5.02 Å². The second-order valence-corrected chi connectivity index (χ2v) is 8.85. The topological polar surface area (TPSA) is 23.6 Å². The Balaban J connectivity index is 1.76. The molecule has 1 amide bonds. The number of rotatable bonds is 4. The minimum absolute atomic E-state index is 0.0552. The number of likely N-dealkylation sites (N-methyl/N-ethyl adjacent to an activating group) is 1. The van der Waals surface area contributed by atoms with Crippen molar-refractivity contribution in [3.63, 3.8) is 0 Å². The standard InChI is InChI=1S/C24H21ClN2OS/c1-3-14-26(2)16-23(28)27-15-22(18-8-11-19(25)12-9-18)29-21-13-10-17-6-4-5-7-20(17)24(21)27/h1,4-13,22H,14-16H2,2H3. The molecular formula is C24H21ClN2OS. The van der Waals surface area contributed by atoms with Gasteiger partial charge in [-0.25, -0.2) is 0 Å². The second-order valence-electron chi connectivity index (χ2n) is 7.17. The fraction of sp³-hybridized carbons (Fsp3) is 0.208. The summed E-state index contributed by atoms with van der Waals surface area (Å²) in [6, 6.07) is 20.3. The number of hydrogen-bond donors (Lipinski definition) is 0. The molecule has 146 valence electrons. The second kappa shape index (κ2) is 8.51. The van der Waals surface area contributed by atoms with Gasteiger partial charge >= 0.3 is 0 Å². The molecule has 1 unspecified atom stereocenters. The van der Waals surface area contributed by atoms with Crippen molar-refractivity contribution in [3.05, 3.63) is 71.2 Å². The van der Waals surface area contributed by atoms with E-state index in [0.717, 1.165) is 26.9 Å². The zero-order chi connectivity index (χ0) is 20.4. The fourth-order valence-corrected chi connectivity index (χ4v) is 5.09. The fourth-order valence-electron chi connectivity index (χ4n) is 3.66. The molecule has 0 saturated carbocycles. The highest BCUT2D eigenvalue weighted by molar-refractivity contribution is 7.99. The van der Waals surface area contributed by atoms with Crippen molar-refractivity contribution in [1.82, 2.24) is 4.90 Å². The molecule has 0 spiro atoms. The largest absolute Gasteiger partial charge is 0.308 e. The first-order valence-electron chi connectivity index (χ1n) is 9.43. The zero-order valence-electron chi connectivity index (χ0n) is 16.1. The van der Waals surface area contributed by atoms with Crippen molar-refractivity contribution in [2.75, 3.05) is 31.6 Å². The number of nitrogens with zero attached hydrogens (tertiary/aromatic N) is 2. The highest BCUT2D eigenvalue weighted by atomic mass is 35.5. The molecule has 0 radical (unpaired) electrons. The van der Waals surface area contributed by atoms with E-state index in [1.165, 1.54) is 0 Å². The average molecular weight is 421 g/mol. The predicted octanol–water partition coefficient (Wildman–Crippen LogP) is 5.24. The number of anilines is 1. The highest BCUT2D eigenvalue weighted by Crippen LogP contribution is 2.48. The van der Waals surface area contributed by atoms with E-state index in [1.807, 2.05) is 53.2 Å². The number of carbonyl (C=O) groups is 1. The van der Waals surface area contributed by atoms with E-state index in [9.17, 15) is 4.79 Å². The van der Waals surface area contributed by atoms with Gasteiger partial charge in [-0.3, -0.25) is 9.69 Å². The van der Waals surface area contributed by atoms with Gasteiger partial charge in [0.2, 0.25) is 5.91 Å². The Morgan fingerprint density at radius 2 is 1.97 bits per heavy atom. The van der Waals surface area contributed by atoms with Crippen molar-refractivity contribution >= 4 is 45.7 Å². The van der Waals surface area contributed by atoms with Crippen LogP contribution in [0.15, 0.2) is 65.6 Å². The Bertz CT molecular complexity index is 1090. The van der Waals surface area contributed by atoms with Gasteiger partial charge in [0.15, 0.2) is 0 Å². The first-order valence-corrected chi connectivity index (χ1v) is 10.7. The maximum Gasteiger partial charge on any atom is 0.241 e. The average Bonchev–Trinajstić information content (AvgIpc) is 2.73. The first-order chi connectivity index (χ1) is 14.1. The van der Waals surface area contributed by atoms with Gasteiger partial charge in [0.1, 0.15) is 0 Å². The lowest BCUT2D eigenvalue weighted by atomic mass is 10.1. The van der Waals surface area contributed by atoms with E-state index in [2.05, 4.69) is 30.2 Å². The third kappa shape index (κ3) is 4.13. The molecule has 3 aromatic carbocycles. The molecule has 29 heavy (non-hydrogen) atoms. The number of benzene rings is 3. The predicted molar refractivity (Wildman–Crippen MR) is 123 cm³/mol. The van der Waals surface area contributed by atoms with Gasteiger partial charge < -0.3 is 4.90 Å². The highest BCUT2D eigenvalue weighted by Gasteiger charge is 2.31. The number of amides is 1. The van der Waals surface area contributed by atoms with Crippen molar-refractivity contribution in [2.45, 2.75) is 10.1 Å². The molecule has 1 aliphatic rings. The summed E-state index contributed by atoms with van der Waals surface area (Å²) >= 11 is 7.87. The van der Waals surface area contributed by atoms with E-state index in [4.69, 9.17) is 18.0 Å². The van der Waals surface area contributed by atoms with Crippen LogP contribution in [0.25, 0.3) is 10.8 Å². The van der Waals surface area contributed by atoms with Gasteiger partial charge in [0.05, 0.1) is 24.0 Å². The van der Waals surface area contributed by atoms with Gasteiger partial charge in [-0.15, -0.1) is 18.2 Å². The smallest absolute Gasteiger partial charge is 0.241 e. The Labute approximate surface area is 180 Å². The molecule has 0 fully saturated rings. The quantitative estimate of drug-likeness (QED) is 0.539.